The fraction of sp³-hybridized carbons (Fsp3) is 0.143. The van der Waals surface area contributed by atoms with Gasteiger partial charge in [0.15, 0.2) is 23.2 Å². The van der Waals surface area contributed by atoms with E-state index < -0.39 is 0 Å². The molecule has 10 heteroatoms. The van der Waals surface area contributed by atoms with Crippen LogP contribution >= 0.6 is 0 Å². The van der Waals surface area contributed by atoms with E-state index in [4.69, 9.17) is 14.8 Å². The summed E-state index contributed by atoms with van der Waals surface area (Å²) in [6.45, 7) is 4.22. The van der Waals surface area contributed by atoms with Crippen molar-refractivity contribution in [2.75, 3.05) is 0 Å². The number of aryl methyl sites for hydroxylation is 2. The highest BCUT2D eigenvalue weighted by molar-refractivity contribution is 5.57. The lowest BCUT2D eigenvalue weighted by Crippen LogP contribution is -2.08. The van der Waals surface area contributed by atoms with E-state index >= 15 is 0 Å². The Morgan fingerprint density at radius 1 is 0.816 bits per heavy atom. The Morgan fingerprint density at radius 3 is 2.45 bits per heavy atom. The quantitative estimate of drug-likeness (QED) is 0.316. The van der Waals surface area contributed by atoms with E-state index in [9.17, 15) is 0 Å². The average Bonchev–Trinajstić information content (AvgIpc) is 3.67. The Morgan fingerprint density at radius 2 is 1.63 bits per heavy atom. The van der Waals surface area contributed by atoms with Gasteiger partial charge in [-0.3, -0.25) is 4.57 Å². The lowest BCUT2D eigenvalue weighted by molar-refractivity contribution is 0.294. The minimum Gasteiger partial charge on any atom is -0.485 e. The Bertz CT molecular complexity index is 1720. The van der Waals surface area contributed by atoms with Crippen LogP contribution < -0.4 is 4.74 Å². The molecule has 6 rings (SSSR count). The number of ether oxygens (including phenoxy) is 1. The summed E-state index contributed by atoms with van der Waals surface area (Å²) in [5.41, 5.74) is 4.57. The molecule has 6 aromatic rings. The first-order chi connectivity index (χ1) is 18.6. The fourth-order valence-electron chi connectivity index (χ4n) is 4.19. The van der Waals surface area contributed by atoms with E-state index in [1.54, 1.807) is 9.36 Å². The SMILES string of the molecule is Cc1cccc(-n2cc(-c3nc(COc4ccccc4C)nn3-c3nnc(-c4ccccc4)n3C)nn2)c1. The zero-order valence-corrected chi connectivity index (χ0v) is 21.2. The van der Waals surface area contributed by atoms with Crippen LogP contribution in [0.5, 0.6) is 5.75 Å². The van der Waals surface area contributed by atoms with Gasteiger partial charge < -0.3 is 4.74 Å². The zero-order valence-electron chi connectivity index (χ0n) is 21.2. The Balaban J connectivity index is 1.41. The smallest absolute Gasteiger partial charge is 0.254 e. The second-order valence-electron chi connectivity index (χ2n) is 8.95. The number of aromatic nitrogens is 9. The minimum atomic E-state index is 0.181. The van der Waals surface area contributed by atoms with Gasteiger partial charge in [-0.2, -0.15) is 4.68 Å². The van der Waals surface area contributed by atoms with E-state index in [-0.39, 0.29) is 6.61 Å². The molecule has 0 unspecified atom stereocenters. The van der Waals surface area contributed by atoms with E-state index in [0.29, 0.717) is 29.1 Å². The van der Waals surface area contributed by atoms with Gasteiger partial charge in [0, 0.05) is 12.6 Å². The summed E-state index contributed by atoms with van der Waals surface area (Å²) in [4.78, 5) is 4.78. The van der Waals surface area contributed by atoms with Crippen molar-refractivity contribution in [3.8, 4) is 40.3 Å². The molecule has 188 valence electrons. The van der Waals surface area contributed by atoms with Gasteiger partial charge in [0.25, 0.3) is 5.95 Å². The van der Waals surface area contributed by atoms with Crippen molar-refractivity contribution in [2.24, 2.45) is 7.05 Å². The highest BCUT2D eigenvalue weighted by Crippen LogP contribution is 2.24. The Hall–Kier alpha value is -5.12. The first-order valence-electron chi connectivity index (χ1n) is 12.2. The fourth-order valence-corrected chi connectivity index (χ4v) is 4.19. The molecule has 0 N–H and O–H groups in total. The molecule has 10 nitrogen and oxygen atoms in total. The summed E-state index contributed by atoms with van der Waals surface area (Å²) in [6, 6.07) is 25.8. The number of para-hydroxylation sites is 1. The van der Waals surface area contributed by atoms with Crippen LogP contribution in [0.1, 0.15) is 17.0 Å². The van der Waals surface area contributed by atoms with Gasteiger partial charge in [-0.15, -0.1) is 20.4 Å². The van der Waals surface area contributed by atoms with Gasteiger partial charge in [0.1, 0.15) is 12.4 Å². The predicted molar refractivity (Wildman–Crippen MR) is 142 cm³/mol. The lowest BCUT2D eigenvalue weighted by Gasteiger charge is -2.06. The molecular formula is C28H25N9O. The summed E-state index contributed by atoms with van der Waals surface area (Å²) in [6.07, 6.45) is 1.83. The van der Waals surface area contributed by atoms with E-state index in [1.165, 1.54) is 0 Å². The maximum atomic E-state index is 6.03. The molecule has 0 aliphatic heterocycles. The molecule has 38 heavy (non-hydrogen) atoms. The van der Waals surface area contributed by atoms with Gasteiger partial charge in [0.2, 0.25) is 0 Å². The number of rotatable bonds is 7. The maximum absolute atomic E-state index is 6.03. The minimum absolute atomic E-state index is 0.181. The molecule has 3 heterocycles. The van der Waals surface area contributed by atoms with Crippen molar-refractivity contribution >= 4 is 0 Å². The van der Waals surface area contributed by atoms with Crippen LogP contribution in [0.2, 0.25) is 0 Å². The standard InChI is InChI=1S/C28H25N9O/c1-19-10-9-14-22(16-19)36-17-23(30-34-36)27-29-25(18-38-24-15-8-7-11-20(24)2)33-37(27)28-32-31-26(35(28)3)21-12-5-4-6-13-21/h4-17H,18H2,1-3H3. The van der Waals surface area contributed by atoms with Crippen LogP contribution in [0.4, 0.5) is 0 Å². The molecule has 0 saturated heterocycles. The van der Waals surface area contributed by atoms with Crippen LogP contribution in [0, 0.1) is 13.8 Å². The highest BCUT2D eigenvalue weighted by Gasteiger charge is 2.22. The van der Waals surface area contributed by atoms with Gasteiger partial charge in [0.05, 0.1) is 11.9 Å². The van der Waals surface area contributed by atoms with Crippen molar-refractivity contribution in [1.29, 1.82) is 0 Å². The monoisotopic (exact) mass is 503 g/mol. The molecule has 0 amide bonds. The molecule has 0 atom stereocenters. The number of benzene rings is 3. The van der Waals surface area contributed by atoms with Crippen LogP contribution in [0.15, 0.2) is 85.1 Å². The van der Waals surface area contributed by atoms with Gasteiger partial charge >= 0.3 is 0 Å². The molecule has 3 aromatic carbocycles. The number of hydrogen-bond donors (Lipinski definition) is 0. The number of nitrogens with zero attached hydrogens (tertiary/aromatic N) is 9. The zero-order chi connectivity index (χ0) is 26.1. The molecule has 0 spiro atoms. The van der Waals surface area contributed by atoms with Crippen molar-refractivity contribution in [3.63, 3.8) is 0 Å². The largest absolute Gasteiger partial charge is 0.485 e. The molecule has 0 fully saturated rings. The second-order valence-corrected chi connectivity index (χ2v) is 8.95. The van der Waals surface area contributed by atoms with Crippen LogP contribution in [0.25, 0.3) is 34.5 Å². The summed E-state index contributed by atoms with van der Waals surface area (Å²) in [5.74, 6) is 2.96. The maximum Gasteiger partial charge on any atom is 0.254 e. The van der Waals surface area contributed by atoms with Crippen molar-refractivity contribution < 1.29 is 4.74 Å². The van der Waals surface area contributed by atoms with Crippen molar-refractivity contribution in [2.45, 2.75) is 20.5 Å². The highest BCUT2D eigenvalue weighted by atomic mass is 16.5. The number of hydrogen-bond acceptors (Lipinski definition) is 7. The van der Waals surface area contributed by atoms with Crippen LogP contribution in [0.3, 0.4) is 0 Å². The average molecular weight is 504 g/mol. The van der Waals surface area contributed by atoms with Crippen molar-refractivity contribution in [3.05, 3.63) is 102 Å². The van der Waals surface area contributed by atoms with E-state index in [2.05, 4.69) is 20.5 Å². The second kappa shape index (κ2) is 9.74. The first-order valence-corrected chi connectivity index (χ1v) is 12.2. The van der Waals surface area contributed by atoms with Crippen LogP contribution in [-0.4, -0.2) is 44.5 Å². The molecule has 0 saturated carbocycles. The summed E-state index contributed by atoms with van der Waals surface area (Å²) in [5, 5.41) is 22.4. The molecular weight excluding hydrogens is 478 g/mol. The van der Waals surface area contributed by atoms with E-state index in [0.717, 1.165) is 28.1 Å². The van der Waals surface area contributed by atoms with Crippen molar-refractivity contribution in [1.82, 2.24) is 44.5 Å². The molecule has 0 radical (unpaired) electrons. The molecule has 0 bridgehead atoms. The van der Waals surface area contributed by atoms with E-state index in [1.807, 2.05) is 111 Å². The lowest BCUT2D eigenvalue weighted by atomic mass is 10.2. The van der Waals surface area contributed by atoms with Gasteiger partial charge in [-0.25, -0.2) is 9.67 Å². The first kappa shape index (κ1) is 23.3. The summed E-state index contributed by atoms with van der Waals surface area (Å²) < 4.78 is 11.3. The normalized spacial score (nSPS) is 11.1. The molecule has 0 aliphatic carbocycles. The Labute approximate surface area is 219 Å². The molecule has 0 aliphatic rings. The van der Waals surface area contributed by atoms with Gasteiger partial charge in [-0.05, 0) is 43.2 Å². The molecule has 3 aromatic heterocycles. The third-order valence-corrected chi connectivity index (χ3v) is 6.16. The predicted octanol–water partition coefficient (Wildman–Crippen LogP) is 4.51. The van der Waals surface area contributed by atoms with Crippen LogP contribution in [-0.2, 0) is 13.7 Å². The third kappa shape index (κ3) is 4.43. The summed E-state index contributed by atoms with van der Waals surface area (Å²) >= 11 is 0. The van der Waals surface area contributed by atoms with Gasteiger partial charge in [-0.1, -0.05) is 65.9 Å². The Kier molecular flexibility index (Phi) is 5.97. The summed E-state index contributed by atoms with van der Waals surface area (Å²) in [7, 11) is 1.90. The third-order valence-electron chi connectivity index (χ3n) is 6.16. The topological polar surface area (TPSA) is 101 Å².